The van der Waals surface area contributed by atoms with Gasteiger partial charge in [-0.25, -0.2) is 4.39 Å². The van der Waals surface area contributed by atoms with Gasteiger partial charge in [0.2, 0.25) is 5.91 Å². The Balaban J connectivity index is 1.11. The van der Waals surface area contributed by atoms with Crippen molar-refractivity contribution in [1.82, 2.24) is 20.9 Å². The van der Waals surface area contributed by atoms with Gasteiger partial charge in [0, 0.05) is 74.9 Å². The zero-order valence-corrected chi connectivity index (χ0v) is 53.6. The van der Waals surface area contributed by atoms with Crippen LogP contribution in [0.4, 0.5) is 4.39 Å². The second kappa shape index (κ2) is 25.7. The van der Waals surface area contributed by atoms with E-state index in [1.54, 1.807) is 82.2 Å². The highest BCUT2D eigenvalue weighted by Gasteiger charge is 2.76. The number of alkyl halides is 1. The number of aliphatic hydroxyl groups is 6. The summed E-state index contributed by atoms with van der Waals surface area (Å²) in [4.78, 5) is 57.6. The van der Waals surface area contributed by atoms with Crippen LogP contribution >= 0.6 is 0 Å². The minimum atomic E-state index is -2.12. The largest absolute Gasteiger partial charge is 0.459 e. The lowest BCUT2D eigenvalue weighted by atomic mass is 9.44. The number of ether oxygens (including phenoxy) is 7. The molecule has 9 N–H and O–H groups in total. The molecule has 2 amide bonds. The van der Waals surface area contributed by atoms with Crippen molar-refractivity contribution in [3.05, 3.63) is 23.8 Å². The van der Waals surface area contributed by atoms with Crippen molar-refractivity contribution in [2.75, 3.05) is 47.4 Å². The van der Waals surface area contributed by atoms with Crippen LogP contribution in [0, 0.1) is 46.3 Å². The summed E-state index contributed by atoms with van der Waals surface area (Å²) in [5.41, 5.74) is -12.4. The normalized spacial score (nSPS) is 49.1. The predicted molar refractivity (Wildman–Crippen MR) is 312 cm³/mol. The van der Waals surface area contributed by atoms with Gasteiger partial charge in [-0.05, 0) is 138 Å². The second-order valence-corrected chi connectivity index (χ2v) is 27.8. The maximum atomic E-state index is 17.8. The molecule has 7 aliphatic rings. The highest BCUT2D eigenvalue weighted by Crippen LogP contribution is 2.70. The molecule has 0 aromatic carbocycles. The average Bonchev–Trinajstić information content (AvgIpc) is 1.65. The number of likely N-dealkylation sites (N-methyl/N-ethyl adjacent to an activating group) is 1. The molecule has 3 aliphatic heterocycles. The number of fused-ring (bicyclic) bond motifs is 5. The summed E-state index contributed by atoms with van der Waals surface area (Å²) < 4.78 is 63.5. The topological polar surface area (TPSA) is 294 Å². The number of hydrogen-bond acceptors (Lipinski definition) is 19. The molecule has 22 heteroatoms. The van der Waals surface area contributed by atoms with Crippen LogP contribution in [0.5, 0.6) is 0 Å². The Labute approximate surface area is 503 Å². The van der Waals surface area contributed by atoms with E-state index in [9.17, 15) is 49.8 Å². The van der Waals surface area contributed by atoms with Gasteiger partial charge in [-0.1, -0.05) is 53.2 Å². The molecule has 3 saturated heterocycles. The lowest BCUT2D eigenvalue weighted by molar-refractivity contribution is -0.337. The van der Waals surface area contributed by atoms with E-state index >= 15 is 4.39 Å². The van der Waals surface area contributed by atoms with E-state index < -0.39 is 159 Å². The van der Waals surface area contributed by atoms with Crippen molar-refractivity contribution in [2.24, 2.45) is 46.3 Å². The van der Waals surface area contributed by atoms with E-state index in [4.69, 9.17) is 33.2 Å². The minimum Gasteiger partial charge on any atom is -0.459 e. The summed E-state index contributed by atoms with van der Waals surface area (Å²) in [6.07, 6.45) is -5.56. The van der Waals surface area contributed by atoms with E-state index in [1.807, 2.05) is 25.8 Å². The molecule has 6 fully saturated rings. The van der Waals surface area contributed by atoms with Crippen LogP contribution in [-0.2, 0) is 52.3 Å². The quantitative estimate of drug-likeness (QED) is 0.0837. The number of amides is 2. The fourth-order valence-electron chi connectivity index (χ4n) is 16.7. The smallest absolute Gasteiger partial charge is 0.311 e. The summed E-state index contributed by atoms with van der Waals surface area (Å²) in [5, 5.41) is 81.6. The third kappa shape index (κ3) is 12.0. The van der Waals surface area contributed by atoms with E-state index in [0.29, 0.717) is 37.8 Å². The molecular weight excluding hydrogens is 1100 g/mol. The van der Waals surface area contributed by atoms with Gasteiger partial charge >= 0.3 is 5.97 Å². The van der Waals surface area contributed by atoms with E-state index in [0.717, 1.165) is 0 Å². The molecule has 486 valence electrons. The molecule has 0 spiro atoms. The second-order valence-electron chi connectivity index (χ2n) is 27.8. The number of nitrogens with one attached hydrogen (secondary N) is 3. The summed E-state index contributed by atoms with van der Waals surface area (Å²) in [5.74, 6) is -6.63. The monoisotopic (exact) mass is 1210 g/mol. The van der Waals surface area contributed by atoms with E-state index in [-0.39, 0.29) is 63.2 Å². The van der Waals surface area contributed by atoms with Gasteiger partial charge in [0.25, 0.3) is 5.91 Å². The number of carbonyl (C=O) groups excluding carboxylic acids is 4. The van der Waals surface area contributed by atoms with Crippen molar-refractivity contribution < 1.29 is 87.4 Å². The SMILES string of the molecule is CC[C@H]1OC(=O)[C@H](C)[C@@H](O[C@H]2C[C@@](C)(OC)[C@](O)(CNCCNC(=O)[C@@]3(O)[C@H](C)CC4C5CCC6=CC(=O)C=C[C@]6(C)[C@@]5(F)[C@@H](O)C[C@@]43C)[C@H](C)O2)[C@H](C)[C@@H](O[C@@H]2O[C@H](C)C[C@H](N(C)CC)[C@H]2O)[C@](C)(OC)C[C@@H](C)C(=O)N[C@H](C)[C@@H](O)[C@]1(C)O. The highest BCUT2D eigenvalue weighted by atomic mass is 19.1. The Bertz CT molecular complexity index is 2470. The molecule has 2 unspecified atom stereocenters. The molecule has 3 heterocycles. The van der Waals surface area contributed by atoms with Crippen molar-refractivity contribution >= 4 is 23.6 Å². The maximum absolute atomic E-state index is 17.8. The number of cyclic esters (lactones) is 1. The maximum Gasteiger partial charge on any atom is 0.311 e. The first kappa shape index (κ1) is 69.4. The van der Waals surface area contributed by atoms with Crippen LogP contribution in [0.2, 0.25) is 0 Å². The molecule has 21 nitrogen and oxygen atoms in total. The van der Waals surface area contributed by atoms with Crippen LogP contribution < -0.4 is 16.0 Å². The Morgan fingerprint density at radius 1 is 0.882 bits per heavy atom. The first-order valence-corrected chi connectivity index (χ1v) is 31.2. The molecule has 3 saturated carbocycles. The summed E-state index contributed by atoms with van der Waals surface area (Å²) in [6, 6.07) is -1.34. The van der Waals surface area contributed by atoms with Crippen LogP contribution in [0.15, 0.2) is 23.8 Å². The Morgan fingerprint density at radius 2 is 1.55 bits per heavy atom. The van der Waals surface area contributed by atoms with Crippen LogP contribution in [-0.4, -0.2) is 214 Å². The van der Waals surface area contributed by atoms with Gasteiger partial charge in [-0.2, -0.15) is 0 Å². The van der Waals surface area contributed by atoms with Gasteiger partial charge in [-0.3, -0.25) is 19.2 Å². The molecule has 7 rings (SSSR count). The first-order chi connectivity index (χ1) is 39.5. The van der Waals surface area contributed by atoms with Crippen LogP contribution in [0.1, 0.15) is 148 Å². The number of allylic oxidation sites excluding steroid dienone is 4. The molecule has 0 bridgehead atoms. The van der Waals surface area contributed by atoms with Crippen LogP contribution in [0.25, 0.3) is 0 Å². The standard InChI is InChI=1S/C63H105FN4O17/c1-18-46-60(14,76)50(72)38(8)67-52(73)33(3)29-58(12,79-16)51(85-54-48(71)44(68(15)19-2)27-35(5)81-54)36(6)49(37(7)53(74)83-46)84-47-31-59(13,80-17)61(77,39(9)82-47)32-65-24-25-66-55(75)63(78)34(4)26-43-42-21-20-40-28-41(69)22-23-56(40,10)62(42,64)45(70)30-57(43,63)11/h22-23,28,33-39,42-51,54,65,70-72,76-78H,18-21,24-27,29-32H2,1-17H3,(H,66,75)(H,67,73)/t33-,34-,35-,36+,37-,38-,39+,42?,43?,44+,45+,46-,47+,48-,49+,50-,51-,54+,56+,57+,58-,59-,60-,61+,62+,63+/m1/s1. The Morgan fingerprint density at radius 3 is 2.18 bits per heavy atom. The Hall–Kier alpha value is -3.07. The van der Waals surface area contributed by atoms with Crippen LogP contribution in [0.3, 0.4) is 0 Å². The number of methoxy groups -OCH3 is 2. The number of halogens is 1. The lowest BCUT2D eigenvalue weighted by Crippen LogP contribution is -2.70. The first-order valence-electron chi connectivity index (χ1n) is 31.2. The zero-order valence-electron chi connectivity index (χ0n) is 53.6. The molecule has 85 heavy (non-hydrogen) atoms. The van der Waals surface area contributed by atoms with E-state index in [2.05, 4.69) is 16.0 Å². The average molecular weight is 1210 g/mol. The van der Waals surface area contributed by atoms with Gasteiger partial charge in [-0.15, -0.1) is 0 Å². The fourth-order valence-corrected chi connectivity index (χ4v) is 16.7. The van der Waals surface area contributed by atoms with Gasteiger partial charge < -0.3 is 84.6 Å². The summed E-state index contributed by atoms with van der Waals surface area (Å²) >= 11 is 0. The number of ketones is 1. The van der Waals surface area contributed by atoms with Crippen molar-refractivity contribution in [2.45, 2.75) is 255 Å². The molecule has 0 radical (unpaired) electrons. The molecule has 4 aliphatic carbocycles. The third-order valence-corrected chi connectivity index (χ3v) is 22.6. The lowest BCUT2D eigenvalue weighted by Gasteiger charge is -2.62. The number of rotatable bonds is 15. The van der Waals surface area contributed by atoms with Crippen molar-refractivity contribution in [3.8, 4) is 0 Å². The molecule has 26 atom stereocenters. The molecular formula is C63H105FN4O17. The summed E-state index contributed by atoms with van der Waals surface area (Å²) in [7, 11) is 4.84. The number of hydrogen-bond donors (Lipinski definition) is 9. The van der Waals surface area contributed by atoms with Crippen molar-refractivity contribution in [3.63, 3.8) is 0 Å². The number of aliphatic hydroxyl groups excluding tert-OH is 3. The predicted octanol–water partition coefficient (Wildman–Crippen LogP) is 3.55. The van der Waals surface area contributed by atoms with Crippen molar-refractivity contribution in [1.29, 1.82) is 0 Å². The van der Waals surface area contributed by atoms with Gasteiger partial charge in [0.1, 0.15) is 35.1 Å². The zero-order chi connectivity index (χ0) is 63.5. The fraction of sp³-hybridized carbons (Fsp3) is 0.873. The third-order valence-electron chi connectivity index (χ3n) is 22.6. The summed E-state index contributed by atoms with van der Waals surface area (Å²) in [6.45, 7) is 24.7. The molecule has 0 aromatic heterocycles. The van der Waals surface area contributed by atoms with Gasteiger partial charge in [0.15, 0.2) is 29.6 Å². The van der Waals surface area contributed by atoms with Gasteiger partial charge in [0.05, 0.1) is 48.1 Å². The molecule has 0 aromatic rings. The van der Waals surface area contributed by atoms with E-state index in [1.165, 1.54) is 33.3 Å². The Kier molecular flexibility index (Phi) is 21.0. The number of esters is 1. The minimum absolute atomic E-state index is 0.0180. The highest BCUT2D eigenvalue weighted by molar-refractivity contribution is 6.01. The number of nitrogens with zero attached hydrogens (tertiary/aromatic N) is 1. The number of carbonyl (C=O) groups is 4.